The molecule has 0 aliphatic carbocycles. The summed E-state index contributed by atoms with van der Waals surface area (Å²) in [7, 11) is 0. The summed E-state index contributed by atoms with van der Waals surface area (Å²) in [6.07, 6.45) is 3.59. The van der Waals surface area contributed by atoms with Crippen LogP contribution in [0, 0.1) is 0 Å². The highest BCUT2D eigenvalue weighted by Crippen LogP contribution is 2.16. The average molecular weight is 1520 g/mol. The molecule has 0 bridgehead atoms. The lowest BCUT2D eigenvalue weighted by molar-refractivity contribution is -0.141. The molecule has 0 heterocycles. The van der Waals surface area contributed by atoms with Gasteiger partial charge in [-0.25, -0.2) is 4.79 Å². The molecule has 21 N–H and O–H groups in total. The number of hydrogen-bond acceptors (Lipinski definition) is 17. The van der Waals surface area contributed by atoms with Gasteiger partial charge in [0.15, 0.2) is 0 Å². The Labute approximate surface area is 643 Å². The van der Waals surface area contributed by atoms with Crippen molar-refractivity contribution in [1.82, 2.24) is 53.2 Å². The minimum Gasteiger partial charge on any atom is -0.480 e. The van der Waals surface area contributed by atoms with Gasteiger partial charge in [0.2, 0.25) is 59.1 Å². The zero-order chi connectivity index (χ0) is 78.7. The maximum absolute atomic E-state index is 15.3. The third-order valence-electron chi connectivity index (χ3n) is 18.3. The van der Waals surface area contributed by atoms with Crippen molar-refractivity contribution in [3.63, 3.8) is 0 Å². The van der Waals surface area contributed by atoms with Crippen LogP contribution in [0.15, 0.2) is 182 Å². The molecule has 0 saturated carbocycles. The van der Waals surface area contributed by atoms with Crippen molar-refractivity contribution in [2.75, 3.05) is 31.9 Å². The average Bonchev–Trinajstić information content (AvgIpc) is 0.848. The summed E-state index contributed by atoms with van der Waals surface area (Å²) in [5.74, 6) is -9.21. The molecule has 0 spiro atoms. The molecule has 6 aromatic carbocycles. The van der Waals surface area contributed by atoms with Crippen molar-refractivity contribution in [3.05, 3.63) is 215 Å². The molecule has 0 aromatic heterocycles. The van der Waals surface area contributed by atoms with E-state index in [9.17, 15) is 33.9 Å². The van der Waals surface area contributed by atoms with Crippen LogP contribution in [0.3, 0.4) is 0 Å². The fourth-order valence-corrected chi connectivity index (χ4v) is 12.4. The van der Waals surface area contributed by atoms with Gasteiger partial charge in [-0.15, -0.1) is 0 Å². The number of carbonyl (C=O) groups excluding carboxylic acids is 10. The third kappa shape index (κ3) is 31.8. The predicted octanol–water partition coefficient (Wildman–Crippen LogP) is 2.15. The van der Waals surface area contributed by atoms with Crippen molar-refractivity contribution in [1.29, 1.82) is 0 Å². The van der Waals surface area contributed by atoms with E-state index in [1.165, 1.54) is 0 Å². The molecule has 6 rings (SSSR count). The molecule has 27 nitrogen and oxygen atoms in total. The van der Waals surface area contributed by atoms with Crippen molar-refractivity contribution < 1.29 is 57.8 Å². The van der Waals surface area contributed by atoms with Gasteiger partial charge in [-0.1, -0.05) is 188 Å². The van der Waals surface area contributed by atoms with Gasteiger partial charge in [-0.05, 0) is 130 Å². The minimum absolute atomic E-state index is 0.00159. The van der Waals surface area contributed by atoms with Gasteiger partial charge in [0.05, 0.1) is 6.04 Å². The third-order valence-corrected chi connectivity index (χ3v) is 18.7. The second-order valence-corrected chi connectivity index (χ2v) is 27.4. The van der Waals surface area contributed by atoms with E-state index in [1.807, 2.05) is 6.07 Å². The van der Waals surface area contributed by atoms with E-state index < -0.39 is 132 Å². The maximum Gasteiger partial charge on any atom is 0.327 e. The van der Waals surface area contributed by atoms with Gasteiger partial charge in [0.25, 0.3) is 0 Å². The lowest BCUT2D eigenvalue weighted by Crippen LogP contribution is -2.61. The summed E-state index contributed by atoms with van der Waals surface area (Å²) in [5, 5.41) is 37.8. The van der Waals surface area contributed by atoms with E-state index in [1.54, 1.807) is 176 Å². The Bertz CT molecular complexity index is 3790. The Morgan fingerprint density at radius 3 is 0.624 bits per heavy atom. The van der Waals surface area contributed by atoms with Crippen LogP contribution < -0.4 is 81.8 Å². The predicted molar refractivity (Wildman–Crippen MR) is 421 cm³/mol. The van der Waals surface area contributed by atoms with E-state index in [4.69, 9.17) is 28.7 Å². The lowest BCUT2D eigenvalue weighted by atomic mass is 10.00. The highest BCUT2D eigenvalue weighted by atomic mass is 32.1. The van der Waals surface area contributed by atoms with Gasteiger partial charge in [-0.3, -0.25) is 47.9 Å². The molecule has 11 atom stereocenters. The first-order valence-electron chi connectivity index (χ1n) is 37.4. The van der Waals surface area contributed by atoms with E-state index in [2.05, 4.69) is 65.8 Å². The zero-order valence-corrected chi connectivity index (χ0v) is 62.6. The molecule has 0 unspecified atom stereocenters. The first kappa shape index (κ1) is 87.5. The number of benzene rings is 6. The van der Waals surface area contributed by atoms with Gasteiger partial charge < -0.3 is 86.9 Å². The molecule has 0 fully saturated rings. The molecular formula is C81H109N15O12S. The summed E-state index contributed by atoms with van der Waals surface area (Å²) in [4.78, 5) is 159. The Kier molecular flexibility index (Phi) is 39.2. The Balaban J connectivity index is 1.30. The SMILES string of the molecule is NCCCC[C@H](NC(=O)[C@H](Cc1ccccc1)NC(=O)[C@H](Cc1ccccc1)NC(=O)[C@H](CCCCN)NC(=O)[C@H](Cc1ccccc1)NC(=O)[C@H](Cc1ccccc1)NC(=O)[C@H](CCCCN)NC(=O)[C@H](Cc1ccccc1)NC(=O)[C@H](Cc1ccccc1)NC(=O)[C@@H](N)CCCCN)C(=O)N[C@@H](CS)C(=O)O. The molecule has 0 aliphatic rings. The van der Waals surface area contributed by atoms with Crippen LogP contribution in [0.5, 0.6) is 0 Å². The van der Waals surface area contributed by atoms with Crippen LogP contribution in [-0.2, 0) is 91.3 Å². The number of nitrogens with two attached hydrogens (primary N) is 5. The Morgan fingerprint density at radius 2 is 0.431 bits per heavy atom. The number of nitrogens with one attached hydrogen (secondary N) is 10. The van der Waals surface area contributed by atoms with Crippen molar-refractivity contribution in [2.24, 2.45) is 28.7 Å². The Hall–Kier alpha value is -10.4. The number of carboxylic acids is 1. The fraction of sp³-hybridized carbons (Fsp3) is 0.420. The second-order valence-electron chi connectivity index (χ2n) is 27.0. The second kappa shape index (κ2) is 48.8. The van der Waals surface area contributed by atoms with E-state index in [-0.39, 0.29) is 83.2 Å². The monoisotopic (exact) mass is 1520 g/mol. The van der Waals surface area contributed by atoms with Crippen molar-refractivity contribution in [2.45, 2.75) is 182 Å². The van der Waals surface area contributed by atoms with Crippen LogP contribution in [0.1, 0.15) is 110 Å². The number of aliphatic carboxylic acids is 1. The first-order valence-corrected chi connectivity index (χ1v) is 38.0. The standard InChI is InChI=1S/C81H109N15O12S/c82-43-23-19-39-60(86)71(97)90-64(47-54-27-7-1-8-28-54)78(104)93-65(48-55-29-9-2-10-30-55)75(101)87-61(40-20-24-44-83)72(98)91-68(51-58-35-15-5-16-36-58)79(105)94-66(49-56-31-11-3-12-32-56)76(102)88-62(41-21-25-45-84)73(99)92-69(52-59-37-17-6-18-38-59)80(106)95-67(50-57-33-13-4-14-34-57)77(103)89-63(42-22-26-46-85)74(100)96-70(53-109)81(107)108/h1-18,27-38,60-70,109H,19-26,39-53,82-86H2,(H,87,101)(H,88,102)(H,89,103)(H,90,97)(H,91,98)(H,92,99)(H,93,104)(H,94,105)(H,95,106)(H,96,100)(H,107,108)/t60-,61-,62-,63-,64-,65-,66-,67-,68-,69-,70-/m0/s1. The van der Waals surface area contributed by atoms with Gasteiger partial charge in [0, 0.05) is 44.3 Å². The van der Waals surface area contributed by atoms with Crippen LogP contribution >= 0.6 is 12.6 Å². The summed E-state index contributed by atoms with van der Waals surface area (Å²) in [6.45, 7) is 1.17. The van der Waals surface area contributed by atoms with E-state index in [0.717, 1.165) is 0 Å². The number of amides is 10. The summed E-state index contributed by atoms with van der Waals surface area (Å²) in [6, 6.07) is 38.5. The van der Waals surface area contributed by atoms with Crippen LogP contribution in [0.4, 0.5) is 0 Å². The van der Waals surface area contributed by atoms with Crippen LogP contribution in [-0.4, -0.2) is 169 Å². The van der Waals surface area contributed by atoms with Crippen LogP contribution in [0.25, 0.3) is 0 Å². The molecule has 109 heavy (non-hydrogen) atoms. The highest BCUT2D eigenvalue weighted by Gasteiger charge is 2.37. The fourth-order valence-electron chi connectivity index (χ4n) is 12.2. The molecule has 586 valence electrons. The first-order chi connectivity index (χ1) is 52.7. The van der Waals surface area contributed by atoms with Crippen molar-refractivity contribution in [3.8, 4) is 0 Å². The normalized spacial score (nSPS) is 14.1. The number of carbonyl (C=O) groups is 11. The number of thiol groups is 1. The minimum atomic E-state index is -1.44. The van der Waals surface area contributed by atoms with Crippen molar-refractivity contribution >= 4 is 77.7 Å². The number of unbranched alkanes of at least 4 members (excludes halogenated alkanes) is 4. The topological polar surface area (TPSA) is 458 Å². The van der Waals surface area contributed by atoms with Crippen LogP contribution in [0.2, 0.25) is 0 Å². The quantitative estimate of drug-likeness (QED) is 0.0192. The van der Waals surface area contributed by atoms with Gasteiger partial charge in [-0.2, -0.15) is 12.6 Å². The highest BCUT2D eigenvalue weighted by molar-refractivity contribution is 7.80. The number of hydrogen-bond donors (Lipinski definition) is 17. The van der Waals surface area contributed by atoms with E-state index in [0.29, 0.717) is 97.7 Å². The number of rotatable bonds is 50. The number of carboxylic acid groups (broad SMARTS) is 1. The summed E-state index contributed by atoms with van der Waals surface area (Å²) in [5.41, 5.74) is 33.6. The molecule has 10 amide bonds. The summed E-state index contributed by atoms with van der Waals surface area (Å²) < 4.78 is 0. The molecular weight excluding hydrogens is 1410 g/mol. The maximum atomic E-state index is 15.3. The molecule has 6 aromatic rings. The summed E-state index contributed by atoms with van der Waals surface area (Å²) >= 11 is 4.08. The van der Waals surface area contributed by atoms with E-state index >= 15 is 24.0 Å². The Morgan fingerprint density at radius 1 is 0.257 bits per heavy atom. The zero-order valence-electron chi connectivity index (χ0n) is 61.7. The molecule has 0 aliphatic heterocycles. The lowest BCUT2D eigenvalue weighted by Gasteiger charge is -2.29. The molecule has 28 heteroatoms. The molecule has 0 radical (unpaired) electrons. The molecule has 0 saturated heterocycles. The smallest absolute Gasteiger partial charge is 0.327 e. The van der Waals surface area contributed by atoms with Gasteiger partial charge >= 0.3 is 5.97 Å². The largest absolute Gasteiger partial charge is 0.480 e. The van der Waals surface area contributed by atoms with Gasteiger partial charge in [0.1, 0.15) is 60.4 Å².